The van der Waals surface area contributed by atoms with Crippen molar-refractivity contribution in [1.29, 1.82) is 0 Å². The first-order valence-electron chi connectivity index (χ1n) is 8.74. The molecule has 3 aromatic rings. The molecule has 2 heterocycles. The van der Waals surface area contributed by atoms with Crippen LogP contribution in [0.1, 0.15) is 17.8 Å². The van der Waals surface area contributed by atoms with Crippen LogP contribution < -0.4 is 0 Å². The van der Waals surface area contributed by atoms with E-state index in [-0.39, 0.29) is 18.0 Å². The number of halogens is 1. The van der Waals surface area contributed by atoms with Gasteiger partial charge in [-0.3, -0.25) is 4.79 Å². The van der Waals surface area contributed by atoms with E-state index < -0.39 is 22.0 Å². The van der Waals surface area contributed by atoms with Gasteiger partial charge in [-0.1, -0.05) is 23.7 Å². The second kappa shape index (κ2) is 7.79. The SMILES string of the molecule is O=C(OCc1nc2ccccc2s1)[C@@H]1CCCN1S(=O)(=O)c1ccc(Cl)cc1. The molecule has 1 aliphatic heterocycles. The van der Waals surface area contributed by atoms with Crippen LogP contribution in [0.4, 0.5) is 0 Å². The first kappa shape index (κ1) is 19.3. The quantitative estimate of drug-likeness (QED) is 0.568. The van der Waals surface area contributed by atoms with Gasteiger partial charge < -0.3 is 4.74 Å². The van der Waals surface area contributed by atoms with E-state index in [1.165, 1.54) is 39.9 Å². The summed E-state index contributed by atoms with van der Waals surface area (Å²) < 4.78 is 33.5. The first-order valence-corrected chi connectivity index (χ1v) is 11.4. The molecule has 1 aromatic heterocycles. The molecule has 1 aliphatic rings. The van der Waals surface area contributed by atoms with E-state index in [0.717, 1.165) is 10.2 Å². The van der Waals surface area contributed by atoms with E-state index in [1.807, 2.05) is 24.3 Å². The van der Waals surface area contributed by atoms with E-state index in [2.05, 4.69) is 4.98 Å². The monoisotopic (exact) mass is 436 g/mol. The highest BCUT2D eigenvalue weighted by atomic mass is 35.5. The minimum Gasteiger partial charge on any atom is -0.457 e. The number of nitrogens with zero attached hydrogens (tertiary/aromatic N) is 2. The molecule has 0 amide bonds. The number of carbonyl (C=O) groups excluding carboxylic acids is 1. The number of sulfonamides is 1. The van der Waals surface area contributed by atoms with Gasteiger partial charge in [-0.25, -0.2) is 13.4 Å². The minimum atomic E-state index is -3.79. The van der Waals surface area contributed by atoms with Crippen molar-refractivity contribution in [1.82, 2.24) is 9.29 Å². The Bertz CT molecular complexity index is 1080. The third kappa shape index (κ3) is 3.77. The molecular formula is C19H17ClN2O4S2. The molecule has 6 nitrogen and oxygen atoms in total. The third-order valence-corrected chi connectivity index (χ3v) is 7.76. The predicted molar refractivity (Wildman–Crippen MR) is 108 cm³/mol. The highest BCUT2D eigenvalue weighted by molar-refractivity contribution is 7.89. The van der Waals surface area contributed by atoms with Gasteiger partial charge in [-0.2, -0.15) is 4.31 Å². The van der Waals surface area contributed by atoms with Crippen molar-refractivity contribution in [2.45, 2.75) is 30.4 Å². The lowest BCUT2D eigenvalue weighted by Crippen LogP contribution is -2.41. The van der Waals surface area contributed by atoms with Gasteiger partial charge >= 0.3 is 5.97 Å². The molecule has 0 saturated carbocycles. The summed E-state index contributed by atoms with van der Waals surface area (Å²) in [6, 6.07) is 12.8. The molecule has 0 unspecified atom stereocenters. The molecule has 146 valence electrons. The number of fused-ring (bicyclic) bond motifs is 1. The Labute approximate surface area is 171 Å². The number of hydrogen-bond donors (Lipinski definition) is 0. The van der Waals surface area contributed by atoms with Crippen molar-refractivity contribution in [3.63, 3.8) is 0 Å². The van der Waals surface area contributed by atoms with Crippen LogP contribution in [0.15, 0.2) is 53.4 Å². The summed E-state index contributed by atoms with van der Waals surface area (Å²) >= 11 is 7.30. The van der Waals surface area contributed by atoms with Crippen LogP contribution in [0, 0.1) is 0 Å². The van der Waals surface area contributed by atoms with Gasteiger partial charge in [-0.15, -0.1) is 11.3 Å². The summed E-state index contributed by atoms with van der Waals surface area (Å²) in [7, 11) is -3.79. The summed E-state index contributed by atoms with van der Waals surface area (Å²) in [6.07, 6.45) is 1.04. The topological polar surface area (TPSA) is 76.6 Å². The molecule has 0 bridgehead atoms. The summed E-state index contributed by atoms with van der Waals surface area (Å²) in [4.78, 5) is 17.1. The van der Waals surface area contributed by atoms with Crippen LogP contribution in [0.5, 0.6) is 0 Å². The van der Waals surface area contributed by atoms with Crippen LogP contribution in [-0.2, 0) is 26.2 Å². The Hall–Kier alpha value is -2.00. The second-order valence-corrected chi connectivity index (χ2v) is 9.85. The second-order valence-electron chi connectivity index (χ2n) is 6.41. The normalized spacial score (nSPS) is 17.8. The molecule has 2 aromatic carbocycles. The number of ether oxygens (including phenoxy) is 1. The predicted octanol–water partition coefficient (Wildman–Crippen LogP) is 3.85. The number of benzene rings is 2. The smallest absolute Gasteiger partial charge is 0.324 e. The van der Waals surface area contributed by atoms with Gasteiger partial charge in [0, 0.05) is 11.6 Å². The summed E-state index contributed by atoms with van der Waals surface area (Å²) in [5, 5.41) is 1.13. The summed E-state index contributed by atoms with van der Waals surface area (Å²) in [5.41, 5.74) is 0.853. The minimum absolute atomic E-state index is 0.0313. The molecule has 0 radical (unpaired) electrons. The van der Waals surface area contributed by atoms with Crippen molar-refractivity contribution in [3.05, 3.63) is 58.6 Å². The molecule has 0 N–H and O–H groups in total. The number of thiazole rings is 1. The molecule has 0 aliphatic carbocycles. The van der Waals surface area contributed by atoms with Gasteiger partial charge in [0.1, 0.15) is 17.7 Å². The lowest BCUT2D eigenvalue weighted by Gasteiger charge is -2.22. The highest BCUT2D eigenvalue weighted by Gasteiger charge is 2.40. The zero-order valence-electron chi connectivity index (χ0n) is 14.7. The number of esters is 1. The van der Waals surface area contributed by atoms with Gasteiger partial charge in [-0.05, 0) is 49.2 Å². The van der Waals surface area contributed by atoms with Crippen molar-refractivity contribution < 1.29 is 17.9 Å². The van der Waals surface area contributed by atoms with Crippen molar-refractivity contribution in [3.8, 4) is 0 Å². The van der Waals surface area contributed by atoms with E-state index in [4.69, 9.17) is 16.3 Å². The van der Waals surface area contributed by atoms with Crippen molar-refractivity contribution in [2.75, 3.05) is 6.54 Å². The van der Waals surface area contributed by atoms with E-state index in [9.17, 15) is 13.2 Å². The van der Waals surface area contributed by atoms with Gasteiger partial charge in [0.05, 0.1) is 15.1 Å². The summed E-state index contributed by atoms with van der Waals surface area (Å²) in [5.74, 6) is -0.547. The number of para-hydroxylation sites is 1. The van der Waals surface area contributed by atoms with Crippen LogP contribution in [0.3, 0.4) is 0 Å². The maximum absolute atomic E-state index is 12.9. The van der Waals surface area contributed by atoms with E-state index in [0.29, 0.717) is 22.9 Å². The average Bonchev–Trinajstić information content (AvgIpc) is 3.33. The maximum atomic E-state index is 12.9. The average molecular weight is 437 g/mol. The standard InChI is InChI=1S/C19H17ClN2O4S2/c20-13-7-9-14(10-8-13)28(24,25)22-11-3-5-16(22)19(23)26-12-18-21-15-4-1-2-6-17(15)27-18/h1-2,4,6-10,16H,3,5,11-12H2/t16-/m0/s1. The Balaban J connectivity index is 1.47. The van der Waals surface area contributed by atoms with Crippen molar-refractivity contribution in [2.24, 2.45) is 0 Å². The largest absolute Gasteiger partial charge is 0.457 e. The lowest BCUT2D eigenvalue weighted by molar-refractivity contribution is -0.148. The number of aromatic nitrogens is 1. The molecule has 4 rings (SSSR count). The molecule has 28 heavy (non-hydrogen) atoms. The van der Waals surface area contributed by atoms with Gasteiger partial charge in [0.25, 0.3) is 0 Å². The highest BCUT2D eigenvalue weighted by Crippen LogP contribution is 2.28. The maximum Gasteiger partial charge on any atom is 0.324 e. The van der Waals surface area contributed by atoms with Gasteiger partial charge in [0.2, 0.25) is 10.0 Å². The number of carbonyl (C=O) groups is 1. The molecule has 0 spiro atoms. The fourth-order valence-electron chi connectivity index (χ4n) is 3.22. The zero-order chi connectivity index (χ0) is 19.7. The van der Waals surface area contributed by atoms with Crippen LogP contribution in [0.25, 0.3) is 10.2 Å². The van der Waals surface area contributed by atoms with E-state index >= 15 is 0 Å². The van der Waals surface area contributed by atoms with Crippen LogP contribution in [0.2, 0.25) is 5.02 Å². The molecule has 9 heteroatoms. The Morgan fingerprint density at radius 3 is 2.71 bits per heavy atom. The molecule has 1 fully saturated rings. The fraction of sp³-hybridized carbons (Fsp3) is 0.263. The van der Waals surface area contributed by atoms with Crippen LogP contribution in [-0.4, -0.2) is 36.3 Å². The number of hydrogen-bond acceptors (Lipinski definition) is 6. The lowest BCUT2D eigenvalue weighted by atomic mass is 10.2. The van der Waals surface area contributed by atoms with Crippen molar-refractivity contribution >= 4 is 49.1 Å². The Morgan fingerprint density at radius 1 is 1.21 bits per heavy atom. The zero-order valence-corrected chi connectivity index (χ0v) is 17.1. The Morgan fingerprint density at radius 2 is 1.96 bits per heavy atom. The molecular weight excluding hydrogens is 420 g/mol. The first-order chi connectivity index (χ1) is 13.4. The third-order valence-electron chi connectivity index (χ3n) is 4.57. The fourth-order valence-corrected chi connectivity index (χ4v) is 5.87. The number of rotatable bonds is 5. The molecule has 1 atom stereocenters. The molecule has 1 saturated heterocycles. The van der Waals surface area contributed by atoms with E-state index in [1.54, 1.807) is 0 Å². The van der Waals surface area contributed by atoms with Crippen LogP contribution >= 0.6 is 22.9 Å². The van der Waals surface area contributed by atoms with Gasteiger partial charge in [0.15, 0.2) is 0 Å². The Kier molecular flexibility index (Phi) is 5.37. The summed E-state index contributed by atoms with van der Waals surface area (Å²) in [6.45, 7) is 0.315.